The fourth-order valence-electron chi connectivity index (χ4n) is 2.43. The summed E-state index contributed by atoms with van der Waals surface area (Å²) in [5, 5.41) is 0.329. The van der Waals surface area contributed by atoms with E-state index in [9.17, 15) is 18.0 Å². The molecule has 1 aliphatic rings. The van der Waals surface area contributed by atoms with E-state index < -0.39 is 21.7 Å². The standard InChI is InChI=1S/C14H16Cl2N2O5S/c1-23-13-10(15)5-9(6-11(13)16)14(20)18-17-12(19)4-8-2-3-24(21,22)7-8/h5-6,8H,2-4,7H2,1H3,(H,17,19)(H,18,20)/t8-/m0/s1. The van der Waals surface area contributed by atoms with Crippen LogP contribution in [0.5, 0.6) is 5.75 Å². The van der Waals surface area contributed by atoms with E-state index in [1.807, 2.05) is 0 Å². The maximum Gasteiger partial charge on any atom is 0.269 e. The Morgan fingerprint density at radius 2 is 1.88 bits per heavy atom. The van der Waals surface area contributed by atoms with Crippen molar-refractivity contribution in [3.05, 3.63) is 27.7 Å². The van der Waals surface area contributed by atoms with Gasteiger partial charge in [-0.15, -0.1) is 0 Å². The molecule has 2 rings (SSSR count). The van der Waals surface area contributed by atoms with Crippen LogP contribution in [-0.2, 0) is 14.6 Å². The van der Waals surface area contributed by atoms with E-state index in [-0.39, 0.29) is 45.2 Å². The van der Waals surface area contributed by atoms with E-state index in [0.717, 1.165) is 0 Å². The highest BCUT2D eigenvalue weighted by Gasteiger charge is 2.29. The summed E-state index contributed by atoms with van der Waals surface area (Å²) in [6.07, 6.45) is 0.483. The van der Waals surface area contributed by atoms with Crippen molar-refractivity contribution in [1.82, 2.24) is 10.9 Å². The number of nitrogens with one attached hydrogen (secondary N) is 2. The van der Waals surface area contributed by atoms with E-state index >= 15 is 0 Å². The largest absolute Gasteiger partial charge is 0.494 e. The molecule has 0 radical (unpaired) electrons. The van der Waals surface area contributed by atoms with Gasteiger partial charge in [0.25, 0.3) is 5.91 Å². The molecule has 7 nitrogen and oxygen atoms in total. The molecule has 0 bridgehead atoms. The molecule has 0 aliphatic carbocycles. The minimum Gasteiger partial charge on any atom is -0.494 e. The number of hydrogen-bond acceptors (Lipinski definition) is 5. The number of sulfone groups is 1. The third-order valence-corrected chi connectivity index (χ3v) is 5.98. The second-order valence-corrected chi connectivity index (χ2v) is 8.49. The van der Waals surface area contributed by atoms with Crippen LogP contribution in [0.25, 0.3) is 0 Å². The third-order valence-electron chi connectivity index (χ3n) is 3.58. The van der Waals surface area contributed by atoms with Crippen LogP contribution < -0.4 is 15.6 Å². The van der Waals surface area contributed by atoms with Crippen molar-refractivity contribution < 1.29 is 22.7 Å². The van der Waals surface area contributed by atoms with E-state index in [1.165, 1.54) is 19.2 Å². The highest BCUT2D eigenvalue weighted by Crippen LogP contribution is 2.33. The summed E-state index contributed by atoms with van der Waals surface area (Å²) in [6.45, 7) is 0. The highest BCUT2D eigenvalue weighted by atomic mass is 35.5. The van der Waals surface area contributed by atoms with Crippen molar-refractivity contribution >= 4 is 44.9 Å². The maximum atomic E-state index is 12.0. The summed E-state index contributed by atoms with van der Waals surface area (Å²) in [4.78, 5) is 23.8. The number of hydrogen-bond donors (Lipinski definition) is 2. The average molecular weight is 395 g/mol. The topological polar surface area (TPSA) is 102 Å². The molecule has 10 heteroatoms. The van der Waals surface area contributed by atoms with Gasteiger partial charge in [-0.1, -0.05) is 23.2 Å². The Hall–Kier alpha value is -1.51. The number of halogens is 2. The molecule has 1 saturated heterocycles. The molecule has 1 fully saturated rings. The van der Waals surface area contributed by atoms with Gasteiger partial charge in [0.15, 0.2) is 15.6 Å². The van der Waals surface area contributed by atoms with Gasteiger partial charge in [0.1, 0.15) is 0 Å². The zero-order chi connectivity index (χ0) is 17.9. The lowest BCUT2D eigenvalue weighted by Crippen LogP contribution is -2.42. The predicted octanol–water partition coefficient (Wildman–Crippen LogP) is 1.59. The Labute approximate surface area is 149 Å². The molecule has 1 atom stereocenters. The summed E-state index contributed by atoms with van der Waals surface area (Å²) in [7, 11) is -1.64. The van der Waals surface area contributed by atoms with Gasteiger partial charge in [-0.05, 0) is 24.5 Å². The van der Waals surface area contributed by atoms with Crippen molar-refractivity contribution in [2.45, 2.75) is 12.8 Å². The summed E-state index contributed by atoms with van der Waals surface area (Å²) in [6, 6.07) is 2.72. The molecule has 1 aromatic carbocycles. The van der Waals surface area contributed by atoms with Crippen molar-refractivity contribution in [2.24, 2.45) is 5.92 Å². The van der Waals surface area contributed by atoms with Gasteiger partial charge in [0, 0.05) is 12.0 Å². The number of amides is 2. The van der Waals surface area contributed by atoms with Crippen LogP contribution in [0.2, 0.25) is 10.0 Å². The second kappa shape index (κ2) is 7.58. The van der Waals surface area contributed by atoms with Crippen LogP contribution in [0.1, 0.15) is 23.2 Å². The normalized spacial score (nSPS) is 18.9. The van der Waals surface area contributed by atoms with Crippen molar-refractivity contribution in [3.63, 3.8) is 0 Å². The zero-order valence-corrected chi connectivity index (χ0v) is 15.1. The predicted molar refractivity (Wildman–Crippen MR) is 90.0 cm³/mol. The van der Waals surface area contributed by atoms with E-state index in [4.69, 9.17) is 27.9 Å². The number of hydrazine groups is 1. The van der Waals surface area contributed by atoms with Crippen LogP contribution in [0, 0.1) is 5.92 Å². The number of carbonyl (C=O) groups is 2. The van der Waals surface area contributed by atoms with Gasteiger partial charge >= 0.3 is 0 Å². The summed E-state index contributed by atoms with van der Waals surface area (Å²) < 4.78 is 27.7. The molecule has 1 aromatic rings. The fraction of sp³-hybridized carbons (Fsp3) is 0.429. The first kappa shape index (κ1) is 18.8. The first-order valence-corrected chi connectivity index (χ1v) is 9.62. The third kappa shape index (κ3) is 4.75. The Bertz CT molecular complexity index is 743. The molecule has 2 N–H and O–H groups in total. The average Bonchev–Trinajstić information content (AvgIpc) is 2.83. The summed E-state index contributed by atoms with van der Waals surface area (Å²) in [5.41, 5.74) is 4.64. The van der Waals surface area contributed by atoms with Crippen LogP contribution in [0.15, 0.2) is 12.1 Å². The first-order valence-electron chi connectivity index (χ1n) is 7.04. The second-order valence-electron chi connectivity index (χ2n) is 5.45. The van der Waals surface area contributed by atoms with Crippen LogP contribution >= 0.6 is 23.2 Å². The van der Waals surface area contributed by atoms with Gasteiger partial charge in [0.05, 0.1) is 28.7 Å². The van der Waals surface area contributed by atoms with Crippen molar-refractivity contribution in [2.75, 3.05) is 18.6 Å². The molecule has 0 unspecified atom stereocenters. The Kier molecular flexibility index (Phi) is 5.95. The van der Waals surface area contributed by atoms with Gasteiger partial charge in [-0.2, -0.15) is 0 Å². The smallest absolute Gasteiger partial charge is 0.269 e. The monoisotopic (exact) mass is 394 g/mol. The Balaban J connectivity index is 1.90. The van der Waals surface area contributed by atoms with E-state index in [1.54, 1.807) is 0 Å². The molecule has 132 valence electrons. The molecule has 0 aromatic heterocycles. The Morgan fingerprint density at radius 1 is 1.25 bits per heavy atom. The minimum atomic E-state index is -3.04. The maximum absolute atomic E-state index is 12.0. The lowest BCUT2D eigenvalue weighted by atomic mass is 10.1. The SMILES string of the molecule is COc1c(Cl)cc(C(=O)NNC(=O)C[C@@H]2CCS(=O)(=O)C2)cc1Cl. The Morgan fingerprint density at radius 3 is 2.38 bits per heavy atom. The van der Waals surface area contributed by atoms with Gasteiger partial charge < -0.3 is 4.74 Å². The van der Waals surface area contributed by atoms with Gasteiger partial charge in [0.2, 0.25) is 5.91 Å². The number of ether oxygens (including phenoxy) is 1. The molecular weight excluding hydrogens is 379 g/mol. The van der Waals surface area contributed by atoms with E-state index in [0.29, 0.717) is 6.42 Å². The molecule has 1 heterocycles. The minimum absolute atomic E-state index is 0.00192. The number of rotatable bonds is 4. The van der Waals surface area contributed by atoms with Crippen LogP contribution in [0.3, 0.4) is 0 Å². The van der Waals surface area contributed by atoms with Gasteiger partial charge in [-0.25, -0.2) is 8.42 Å². The molecule has 2 amide bonds. The quantitative estimate of drug-likeness (QED) is 0.754. The summed E-state index contributed by atoms with van der Waals surface area (Å²) in [5.74, 6) is -0.943. The fourth-order valence-corrected chi connectivity index (χ4v) is 4.93. The zero-order valence-electron chi connectivity index (χ0n) is 12.8. The van der Waals surface area contributed by atoms with Crippen LogP contribution in [0.4, 0.5) is 0 Å². The van der Waals surface area contributed by atoms with E-state index in [2.05, 4.69) is 10.9 Å². The van der Waals surface area contributed by atoms with Gasteiger partial charge in [-0.3, -0.25) is 20.4 Å². The summed E-state index contributed by atoms with van der Waals surface area (Å²) >= 11 is 11.9. The molecular formula is C14H16Cl2N2O5S. The number of carbonyl (C=O) groups excluding carboxylic acids is 2. The lowest BCUT2D eigenvalue weighted by molar-refractivity contribution is -0.122. The van der Waals surface area contributed by atoms with Crippen molar-refractivity contribution in [1.29, 1.82) is 0 Å². The van der Waals surface area contributed by atoms with Crippen LogP contribution in [-0.4, -0.2) is 38.8 Å². The first-order chi connectivity index (χ1) is 11.2. The molecule has 1 aliphatic heterocycles. The molecule has 0 spiro atoms. The molecule has 0 saturated carbocycles. The molecule has 24 heavy (non-hydrogen) atoms. The van der Waals surface area contributed by atoms with Crippen molar-refractivity contribution in [3.8, 4) is 5.75 Å². The lowest BCUT2D eigenvalue weighted by Gasteiger charge is -2.11. The highest BCUT2D eigenvalue weighted by molar-refractivity contribution is 7.91. The number of benzene rings is 1. The number of methoxy groups -OCH3 is 1.